The molecule has 6 heteroatoms. The molecule has 0 saturated heterocycles. The summed E-state index contributed by atoms with van der Waals surface area (Å²) in [5, 5.41) is 0.164. The summed E-state index contributed by atoms with van der Waals surface area (Å²) in [5.74, 6) is -0.0191. The van der Waals surface area contributed by atoms with Crippen LogP contribution >= 0.6 is 11.6 Å². The molecule has 0 heterocycles. The summed E-state index contributed by atoms with van der Waals surface area (Å²) >= 11 is 5.84. The highest BCUT2D eigenvalue weighted by Gasteiger charge is 2.20. The lowest BCUT2D eigenvalue weighted by Gasteiger charge is -2.08. The Morgan fingerprint density at radius 2 is 2.12 bits per heavy atom. The molecular formula is C10H14ClNO3S. The van der Waals surface area contributed by atoms with Crippen molar-refractivity contribution in [1.82, 2.24) is 0 Å². The van der Waals surface area contributed by atoms with E-state index in [1.807, 2.05) is 0 Å². The first-order valence-corrected chi connectivity index (χ1v) is 6.77. The van der Waals surface area contributed by atoms with Gasteiger partial charge in [-0.3, -0.25) is 0 Å². The normalized spacial score (nSPS) is 11.6. The van der Waals surface area contributed by atoms with Crippen LogP contribution in [0.2, 0.25) is 5.02 Å². The molecule has 1 aromatic carbocycles. The third-order valence-electron chi connectivity index (χ3n) is 2.07. The monoisotopic (exact) mass is 263 g/mol. The Bertz CT molecular complexity index is 439. The minimum atomic E-state index is -3.43. The number of anilines is 1. The van der Waals surface area contributed by atoms with Crippen LogP contribution in [0.3, 0.4) is 0 Å². The maximum absolute atomic E-state index is 11.9. The number of benzene rings is 1. The highest BCUT2D eigenvalue weighted by atomic mass is 35.5. The van der Waals surface area contributed by atoms with Crippen molar-refractivity contribution in [2.24, 2.45) is 0 Å². The molecule has 0 aromatic heterocycles. The Kier molecular flexibility index (Phi) is 4.58. The number of rotatable bonds is 5. The molecule has 0 bridgehead atoms. The highest BCUT2D eigenvalue weighted by Crippen LogP contribution is 2.28. The van der Waals surface area contributed by atoms with Gasteiger partial charge < -0.3 is 10.5 Å². The summed E-state index contributed by atoms with van der Waals surface area (Å²) < 4.78 is 28.7. The van der Waals surface area contributed by atoms with Crippen molar-refractivity contribution in [1.29, 1.82) is 0 Å². The Balaban J connectivity index is 2.98. The molecule has 1 aromatic rings. The zero-order chi connectivity index (χ0) is 12.2. The lowest BCUT2D eigenvalue weighted by Crippen LogP contribution is -2.11. The predicted octanol–water partition coefficient (Wildman–Crippen LogP) is 1.73. The van der Waals surface area contributed by atoms with Gasteiger partial charge in [0.25, 0.3) is 0 Å². The molecule has 2 N–H and O–H groups in total. The predicted molar refractivity (Wildman–Crippen MR) is 64.4 cm³/mol. The van der Waals surface area contributed by atoms with Gasteiger partial charge in [-0.15, -0.1) is 0 Å². The highest BCUT2D eigenvalue weighted by molar-refractivity contribution is 7.91. The number of hydrogen-bond acceptors (Lipinski definition) is 4. The summed E-state index contributed by atoms with van der Waals surface area (Å²) in [4.78, 5) is 0.0211. The lowest BCUT2D eigenvalue weighted by atomic mass is 10.3. The molecule has 90 valence electrons. The molecule has 0 radical (unpaired) electrons. The Labute approximate surface area is 100 Å². The summed E-state index contributed by atoms with van der Waals surface area (Å²) in [6.07, 6.45) is 0.420. The van der Waals surface area contributed by atoms with E-state index in [0.717, 1.165) is 0 Å². The summed E-state index contributed by atoms with van der Waals surface area (Å²) in [6, 6.07) is 4.65. The number of ether oxygens (including phenoxy) is 1. The van der Waals surface area contributed by atoms with Gasteiger partial charge in [-0.25, -0.2) is 8.42 Å². The van der Waals surface area contributed by atoms with Gasteiger partial charge in [-0.2, -0.15) is 0 Å². The fourth-order valence-electron chi connectivity index (χ4n) is 1.35. The molecule has 0 spiro atoms. The number of nitrogens with two attached hydrogens (primary N) is 1. The van der Waals surface area contributed by atoms with Crippen LogP contribution in [0.25, 0.3) is 0 Å². The van der Waals surface area contributed by atoms with Crippen LogP contribution < -0.4 is 5.73 Å². The molecule has 0 unspecified atom stereocenters. The van der Waals surface area contributed by atoms with Crippen molar-refractivity contribution in [3.63, 3.8) is 0 Å². The second-order valence-corrected chi connectivity index (χ2v) is 5.78. The number of nitrogen functional groups attached to an aromatic ring is 1. The summed E-state index contributed by atoms with van der Waals surface area (Å²) in [5.41, 5.74) is 5.80. The zero-order valence-corrected chi connectivity index (χ0v) is 10.5. The third-order valence-corrected chi connectivity index (χ3v) is 4.40. The summed E-state index contributed by atoms with van der Waals surface area (Å²) in [7, 11) is -1.91. The van der Waals surface area contributed by atoms with Gasteiger partial charge in [-0.05, 0) is 18.6 Å². The van der Waals surface area contributed by atoms with E-state index in [1.54, 1.807) is 6.07 Å². The van der Waals surface area contributed by atoms with Crippen LogP contribution in [-0.4, -0.2) is 27.9 Å². The maximum Gasteiger partial charge on any atom is 0.181 e. The van der Waals surface area contributed by atoms with Crippen LogP contribution in [0, 0.1) is 0 Å². The van der Waals surface area contributed by atoms with Crippen molar-refractivity contribution in [2.75, 3.05) is 25.2 Å². The molecule has 0 saturated carbocycles. The Morgan fingerprint density at radius 1 is 1.44 bits per heavy atom. The lowest BCUT2D eigenvalue weighted by molar-refractivity contribution is 0.199. The van der Waals surface area contributed by atoms with Gasteiger partial charge in [0.15, 0.2) is 9.84 Å². The molecule has 0 aliphatic heterocycles. The minimum absolute atomic E-state index is 0.0191. The second-order valence-electron chi connectivity index (χ2n) is 3.32. The number of hydrogen-bond donors (Lipinski definition) is 1. The van der Waals surface area contributed by atoms with Crippen LogP contribution in [0.4, 0.5) is 5.69 Å². The van der Waals surface area contributed by atoms with Crippen LogP contribution in [0.1, 0.15) is 6.42 Å². The van der Waals surface area contributed by atoms with Gasteiger partial charge in [0.1, 0.15) is 4.90 Å². The Morgan fingerprint density at radius 3 is 2.69 bits per heavy atom. The SMILES string of the molecule is COCCCS(=O)(=O)c1c(N)cccc1Cl. The molecule has 16 heavy (non-hydrogen) atoms. The first kappa shape index (κ1) is 13.3. The smallest absolute Gasteiger partial charge is 0.181 e. The van der Waals surface area contributed by atoms with Crippen LogP contribution in [0.5, 0.6) is 0 Å². The van der Waals surface area contributed by atoms with Gasteiger partial charge in [0.2, 0.25) is 0 Å². The van der Waals surface area contributed by atoms with E-state index in [1.165, 1.54) is 19.2 Å². The molecule has 0 aliphatic rings. The number of sulfone groups is 1. The zero-order valence-electron chi connectivity index (χ0n) is 8.94. The van der Waals surface area contributed by atoms with E-state index in [2.05, 4.69) is 0 Å². The quantitative estimate of drug-likeness (QED) is 0.649. The summed E-state index contributed by atoms with van der Waals surface area (Å²) in [6.45, 7) is 0.392. The van der Waals surface area contributed by atoms with Crippen molar-refractivity contribution < 1.29 is 13.2 Å². The standard InChI is InChI=1S/C10H14ClNO3S/c1-15-6-3-7-16(13,14)10-8(11)4-2-5-9(10)12/h2,4-5H,3,6-7,12H2,1H3. The fourth-order valence-corrected chi connectivity index (χ4v) is 3.38. The minimum Gasteiger partial charge on any atom is -0.398 e. The maximum atomic E-state index is 11.9. The van der Waals surface area contributed by atoms with Gasteiger partial charge in [-0.1, -0.05) is 17.7 Å². The van der Waals surface area contributed by atoms with Crippen LogP contribution in [0.15, 0.2) is 23.1 Å². The first-order valence-electron chi connectivity index (χ1n) is 4.74. The van der Waals surface area contributed by atoms with Gasteiger partial charge >= 0.3 is 0 Å². The molecule has 4 nitrogen and oxygen atoms in total. The molecule has 1 rings (SSSR count). The van der Waals surface area contributed by atoms with E-state index in [0.29, 0.717) is 13.0 Å². The third kappa shape index (κ3) is 3.10. The largest absolute Gasteiger partial charge is 0.398 e. The van der Waals surface area contributed by atoms with Crippen molar-refractivity contribution in [3.8, 4) is 0 Å². The van der Waals surface area contributed by atoms with E-state index in [4.69, 9.17) is 22.1 Å². The van der Waals surface area contributed by atoms with E-state index in [-0.39, 0.29) is 21.4 Å². The van der Waals surface area contributed by atoms with E-state index in [9.17, 15) is 8.42 Å². The average Bonchev–Trinajstić information content (AvgIpc) is 2.17. The molecule has 0 atom stereocenters. The van der Waals surface area contributed by atoms with E-state index < -0.39 is 9.84 Å². The fraction of sp³-hybridized carbons (Fsp3) is 0.400. The van der Waals surface area contributed by atoms with Crippen molar-refractivity contribution in [2.45, 2.75) is 11.3 Å². The van der Waals surface area contributed by atoms with Gasteiger partial charge in [0, 0.05) is 13.7 Å². The molecule has 0 amide bonds. The molecule has 0 fully saturated rings. The Hall–Kier alpha value is -0.780. The van der Waals surface area contributed by atoms with Gasteiger partial charge in [0.05, 0.1) is 16.5 Å². The molecular weight excluding hydrogens is 250 g/mol. The first-order chi connectivity index (χ1) is 7.49. The average molecular weight is 264 g/mol. The van der Waals surface area contributed by atoms with Crippen LogP contribution in [-0.2, 0) is 14.6 Å². The van der Waals surface area contributed by atoms with E-state index >= 15 is 0 Å². The number of methoxy groups -OCH3 is 1. The molecule has 0 aliphatic carbocycles. The second kappa shape index (κ2) is 5.52. The topological polar surface area (TPSA) is 69.4 Å². The number of halogens is 1. The van der Waals surface area contributed by atoms with Crippen molar-refractivity contribution >= 4 is 27.1 Å². The van der Waals surface area contributed by atoms with Crippen molar-refractivity contribution in [3.05, 3.63) is 23.2 Å².